The first kappa shape index (κ1) is 30.6. The summed E-state index contributed by atoms with van der Waals surface area (Å²) in [5.41, 5.74) is 1.24. The van der Waals surface area contributed by atoms with Crippen molar-refractivity contribution < 1.29 is 38.5 Å². The molecule has 0 unspecified atom stereocenters. The third-order valence-electron chi connectivity index (χ3n) is 5.34. The molecular formula is C29H34N2O8. The van der Waals surface area contributed by atoms with E-state index in [2.05, 4.69) is 10.6 Å². The van der Waals surface area contributed by atoms with Crippen LogP contribution in [-0.4, -0.2) is 56.0 Å². The molecule has 0 fully saturated rings. The highest BCUT2D eigenvalue weighted by molar-refractivity contribution is 6.10. The Morgan fingerprint density at radius 2 is 1.41 bits per heavy atom. The Hall–Kier alpha value is -4.60. The predicted molar refractivity (Wildman–Crippen MR) is 147 cm³/mol. The second kappa shape index (κ2) is 16.3. The molecular weight excluding hydrogens is 504 g/mol. The summed E-state index contributed by atoms with van der Waals surface area (Å²) in [6.45, 7) is 2.50. The molecule has 2 rings (SSSR count). The number of methoxy groups -OCH3 is 2. The van der Waals surface area contributed by atoms with Gasteiger partial charge in [-0.1, -0.05) is 37.6 Å². The number of hydrogen-bond donors (Lipinski definition) is 3. The van der Waals surface area contributed by atoms with Gasteiger partial charge in [-0.3, -0.25) is 14.4 Å². The molecule has 0 aliphatic rings. The van der Waals surface area contributed by atoms with E-state index in [1.54, 1.807) is 24.3 Å². The predicted octanol–water partition coefficient (Wildman–Crippen LogP) is 4.06. The molecule has 2 aromatic rings. The van der Waals surface area contributed by atoms with Crippen LogP contribution >= 0.6 is 0 Å². The van der Waals surface area contributed by atoms with E-state index in [-0.39, 0.29) is 54.2 Å². The molecule has 3 N–H and O–H groups in total. The molecule has 2 aromatic carbocycles. The molecule has 0 saturated heterocycles. The third kappa shape index (κ3) is 11.1. The average molecular weight is 539 g/mol. The summed E-state index contributed by atoms with van der Waals surface area (Å²) in [6, 6.07) is 9.37. The minimum absolute atomic E-state index is 0.0134. The molecule has 39 heavy (non-hydrogen) atoms. The van der Waals surface area contributed by atoms with Gasteiger partial charge in [0.2, 0.25) is 5.91 Å². The van der Waals surface area contributed by atoms with Crippen LogP contribution in [0.25, 0.3) is 12.2 Å². The second-order valence-electron chi connectivity index (χ2n) is 8.39. The van der Waals surface area contributed by atoms with Gasteiger partial charge < -0.3 is 30.0 Å². The summed E-state index contributed by atoms with van der Waals surface area (Å²) in [5.74, 6) is -0.128. The van der Waals surface area contributed by atoms with Gasteiger partial charge in [0.1, 0.15) is 0 Å². The van der Waals surface area contributed by atoms with Gasteiger partial charge in [0.05, 0.1) is 20.6 Å². The standard InChI is InChI=1S/C29H34N2O8/c1-4-5-6-28(35)30-15-16-31-29(36)39-25-14-10-21(18-27(25)38-3)8-12-23(33)19-22(32)11-7-20-9-13-24(34)26(17-20)37-2/h7-14,17-18,34H,4-6,15-16,19H2,1-3H3,(H,30,35)(H,31,36)/b11-7+,12-8+. The Morgan fingerprint density at radius 3 is 2.03 bits per heavy atom. The van der Waals surface area contributed by atoms with Crippen LogP contribution in [0.5, 0.6) is 23.0 Å². The van der Waals surface area contributed by atoms with Crippen LogP contribution in [-0.2, 0) is 14.4 Å². The number of nitrogens with one attached hydrogen (secondary N) is 2. The lowest BCUT2D eigenvalue weighted by molar-refractivity contribution is -0.122. The quantitative estimate of drug-likeness (QED) is 0.175. The SMILES string of the molecule is CCCCC(=O)NCCNC(=O)Oc1ccc(/C=C/C(=O)CC(=O)/C=C/c2ccc(O)c(OC)c2)cc1OC. The van der Waals surface area contributed by atoms with Gasteiger partial charge in [-0.15, -0.1) is 0 Å². The number of amides is 2. The van der Waals surface area contributed by atoms with E-state index in [4.69, 9.17) is 14.2 Å². The van der Waals surface area contributed by atoms with E-state index in [1.165, 1.54) is 50.7 Å². The zero-order valence-corrected chi connectivity index (χ0v) is 22.3. The fourth-order valence-electron chi connectivity index (χ4n) is 3.27. The van der Waals surface area contributed by atoms with Gasteiger partial charge in [-0.05, 0) is 54.0 Å². The van der Waals surface area contributed by atoms with Gasteiger partial charge in [0, 0.05) is 19.5 Å². The summed E-state index contributed by atoms with van der Waals surface area (Å²) >= 11 is 0. The fraction of sp³-hybridized carbons (Fsp3) is 0.310. The monoisotopic (exact) mass is 538 g/mol. The largest absolute Gasteiger partial charge is 0.504 e. The zero-order chi connectivity index (χ0) is 28.6. The highest BCUT2D eigenvalue weighted by Crippen LogP contribution is 2.29. The van der Waals surface area contributed by atoms with Crippen molar-refractivity contribution >= 4 is 35.7 Å². The smallest absolute Gasteiger partial charge is 0.412 e. The van der Waals surface area contributed by atoms with Crippen LogP contribution in [0.1, 0.15) is 43.7 Å². The van der Waals surface area contributed by atoms with E-state index < -0.39 is 11.9 Å². The number of ether oxygens (including phenoxy) is 3. The fourth-order valence-corrected chi connectivity index (χ4v) is 3.27. The van der Waals surface area contributed by atoms with Gasteiger partial charge >= 0.3 is 6.09 Å². The number of unbranched alkanes of at least 4 members (excludes halogenated alkanes) is 1. The maximum atomic E-state index is 12.2. The summed E-state index contributed by atoms with van der Waals surface area (Å²) in [5, 5.41) is 14.9. The average Bonchev–Trinajstić information content (AvgIpc) is 2.93. The lowest BCUT2D eigenvalue weighted by Crippen LogP contribution is -2.36. The number of benzene rings is 2. The molecule has 208 valence electrons. The van der Waals surface area contributed by atoms with Crippen molar-refractivity contribution in [1.29, 1.82) is 0 Å². The summed E-state index contributed by atoms with van der Waals surface area (Å²) in [4.78, 5) is 48.1. The van der Waals surface area contributed by atoms with Gasteiger partial charge in [0.25, 0.3) is 0 Å². The van der Waals surface area contributed by atoms with Crippen LogP contribution in [0.15, 0.2) is 48.6 Å². The maximum absolute atomic E-state index is 12.2. The molecule has 0 aliphatic heterocycles. The topological polar surface area (TPSA) is 140 Å². The molecule has 0 atom stereocenters. The lowest BCUT2D eigenvalue weighted by atomic mass is 10.1. The van der Waals surface area contributed by atoms with Gasteiger partial charge in [-0.2, -0.15) is 0 Å². The number of carbonyl (C=O) groups is 4. The molecule has 0 spiro atoms. The number of ketones is 2. The van der Waals surface area contributed by atoms with Crippen molar-refractivity contribution in [3.8, 4) is 23.0 Å². The Labute approximate surface area is 227 Å². The number of hydrogen-bond acceptors (Lipinski definition) is 8. The van der Waals surface area contributed by atoms with Crippen molar-refractivity contribution in [2.45, 2.75) is 32.6 Å². The van der Waals surface area contributed by atoms with Crippen molar-refractivity contribution in [2.75, 3.05) is 27.3 Å². The summed E-state index contributed by atoms with van der Waals surface area (Å²) in [7, 11) is 2.84. The first-order valence-corrected chi connectivity index (χ1v) is 12.4. The Morgan fingerprint density at radius 1 is 0.821 bits per heavy atom. The van der Waals surface area contributed by atoms with Crippen molar-refractivity contribution in [3.63, 3.8) is 0 Å². The van der Waals surface area contributed by atoms with E-state index in [0.29, 0.717) is 17.5 Å². The van der Waals surface area contributed by atoms with E-state index >= 15 is 0 Å². The number of phenolic OH excluding ortho intramolecular Hbond substituents is 1. The number of aromatic hydroxyl groups is 1. The molecule has 0 aromatic heterocycles. The van der Waals surface area contributed by atoms with Gasteiger partial charge in [-0.25, -0.2) is 4.79 Å². The maximum Gasteiger partial charge on any atom is 0.412 e. The first-order valence-electron chi connectivity index (χ1n) is 12.4. The number of carbonyl (C=O) groups excluding carboxylic acids is 4. The zero-order valence-electron chi connectivity index (χ0n) is 22.3. The normalized spacial score (nSPS) is 10.8. The van der Waals surface area contributed by atoms with Crippen molar-refractivity contribution in [3.05, 3.63) is 59.7 Å². The number of phenols is 1. The lowest BCUT2D eigenvalue weighted by Gasteiger charge is -2.11. The number of allylic oxidation sites excluding steroid dienone is 2. The van der Waals surface area contributed by atoms with Crippen molar-refractivity contribution in [1.82, 2.24) is 10.6 Å². The Bertz CT molecular complexity index is 1220. The molecule has 10 nitrogen and oxygen atoms in total. The van der Waals surface area contributed by atoms with Crippen LogP contribution < -0.4 is 24.8 Å². The summed E-state index contributed by atoms with van der Waals surface area (Å²) < 4.78 is 15.6. The molecule has 0 heterocycles. The second-order valence-corrected chi connectivity index (χ2v) is 8.39. The van der Waals surface area contributed by atoms with Crippen LogP contribution in [0.3, 0.4) is 0 Å². The molecule has 0 bridgehead atoms. The minimum Gasteiger partial charge on any atom is -0.504 e. The molecule has 0 aliphatic carbocycles. The molecule has 2 amide bonds. The number of rotatable bonds is 15. The molecule has 10 heteroatoms. The van der Waals surface area contributed by atoms with Crippen LogP contribution in [0.4, 0.5) is 4.79 Å². The van der Waals surface area contributed by atoms with Crippen LogP contribution in [0, 0.1) is 0 Å². The summed E-state index contributed by atoms with van der Waals surface area (Å²) in [6.07, 6.45) is 6.81. The van der Waals surface area contributed by atoms with E-state index in [1.807, 2.05) is 6.92 Å². The first-order chi connectivity index (χ1) is 18.7. The highest BCUT2D eigenvalue weighted by atomic mass is 16.6. The molecule has 0 saturated carbocycles. The van der Waals surface area contributed by atoms with Gasteiger partial charge in [0.15, 0.2) is 34.6 Å². The third-order valence-corrected chi connectivity index (χ3v) is 5.34. The Balaban J connectivity index is 1.85. The van der Waals surface area contributed by atoms with Crippen molar-refractivity contribution in [2.24, 2.45) is 0 Å². The van der Waals surface area contributed by atoms with Crippen LogP contribution in [0.2, 0.25) is 0 Å². The Kier molecular flexibility index (Phi) is 12.8. The van der Waals surface area contributed by atoms with E-state index in [0.717, 1.165) is 12.8 Å². The minimum atomic E-state index is -0.702. The highest BCUT2D eigenvalue weighted by Gasteiger charge is 2.11. The van der Waals surface area contributed by atoms with E-state index in [9.17, 15) is 24.3 Å². The molecule has 0 radical (unpaired) electrons.